The van der Waals surface area contributed by atoms with Gasteiger partial charge >= 0.3 is 0 Å². The fraction of sp³-hybridized carbons (Fsp3) is 0.875. The van der Waals surface area contributed by atoms with Crippen molar-refractivity contribution >= 4 is 17.3 Å². The Hall–Kier alpha value is -0.190. The molecule has 0 radical (unpaired) electrons. The minimum absolute atomic E-state index is 0.0359. The zero-order chi connectivity index (χ0) is 9.40. The Bertz CT molecular complexity index is 130. The Morgan fingerprint density at radius 1 is 1.50 bits per heavy atom. The maximum Gasteiger partial charge on any atom is 0.173 e. The van der Waals surface area contributed by atoms with Crippen LogP contribution >= 0.6 is 12.2 Å². The van der Waals surface area contributed by atoms with E-state index in [1.54, 1.807) is 0 Å². The van der Waals surface area contributed by atoms with Crippen LogP contribution in [0.15, 0.2) is 0 Å². The van der Waals surface area contributed by atoms with Crippen LogP contribution in [0.2, 0.25) is 0 Å². The van der Waals surface area contributed by atoms with Crippen LogP contribution in [0.4, 0.5) is 0 Å². The molecule has 72 valence electrons. The van der Waals surface area contributed by atoms with E-state index in [0.717, 1.165) is 32.4 Å². The molecule has 0 aliphatic rings. The highest BCUT2D eigenvalue weighted by Gasteiger charge is 2.03. The van der Waals surface area contributed by atoms with Gasteiger partial charge in [-0.15, -0.1) is 0 Å². The molecule has 0 aromatic rings. The summed E-state index contributed by atoms with van der Waals surface area (Å²) in [6.45, 7) is 3.50. The number of hydrogen-bond donors (Lipinski definition) is 3. The van der Waals surface area contributed by atoms with Crippen molar-refractivity contribution < 1.29 is 5.11 Å². The first-order chi connectivity index (χ1) is 5.68. The summed E-state index contributed by atoms with van der Waals surface area (Å²) >= 11 is 4.59. The molecule has 1 atom stereocenters. The number of aliphatic hydroxyl groups excluding tert-OH is 1. The van der Waals surface area contributed by atoms with Crippen LogP contribution < -0.4 is 11.1 Å². The lowest BCUT2D eigenvalue weighted by atomic mass is 10.2. The molecule has 4 heteroatoms. The quantitative estimate of drug-likeness (QED) is 0.414. The van der Waals surface area contributed by atoms with E-state index < -0.39 is 0 Å². The molecular weight excluding hydrogens is 172 g/mol. The van der Waals surface area contributed by atoms with Gasteiger partial charge in [-0.1, -0.05) is 6.42 Å². The fourth-order valence-corrected chi connectivity index (χ4v) is 0.935. The topological polar surface area (TPSA) is 58.3 Å². The molecule has 12 heavy (non-hydrogen) atoms. The average molecular weight is 190 g/mol. The lowest BCUT2D eigenvalue weighted by Crippen LogP contribution is -2.33. The van der Waals surface area contributed by atoms with Gasteiger partial charge in [0.25, 0.3) is 0 Å². The van der Waals surface area contributed by atoms with Crippen molar-refractivity contribution in [1.82, 2.24) is 5.32 Å². The highest BCUT2D eigenvalue weighted by Crippen LogP contribution is 1.92. The molecule has 0 aromatic heterocycles. The van der Waals surface area contributed by atoms with Crippen LogP contribution in [0, 0.1) is 0 Å². The van der Waals surface area contributed by atoms with Crippen molar-refractivity contribution in [2.75, 3.05) is 13.1 Å². The molecule has 0 unspecified atom stereocenters. The maximum absolute atomic E-state index is 8.87. The second kappa shape index (κ2) is 7.46. The van der Waals surface area contributed by atoms with Crippen molar-refractivity contribution in [3.63, 3.8) is 0 Å². The minimum atomic E-state index is -0.0714. The standard InChI is InChI=1S/C8H18N2OS/c1-7(8(11)12)10-6-4-2-3-5-9/h7,10H,2-6,9H2,1H3,(H,11,12)/t7-/m0/s1. The Balaban J connectivity index is 3.14. The Labute approximate surface area is 79.3 Å². The number of nitrogens with two attached hydrogens (primary N) is 1. The van der Waals surface area contributed by atoms with E-state index >= 15 is 0 Å². The third-order valence-electron chi connectivity index (χ3n) is 1.70. The van der Waals surface area contributed by atoms with Crippen molar-refractivity contribution in [2.24, 2.45) is 5.73 Å². The molecule has 0 heterocycles. The predicted octanol–water partition coefficient (Wildman–Crippen LogP) is 0.979. The fourth-order valence-electron chi connectivity index (χ4n) is 0.852. The van der Waals surface area contributed by atoms with Gasteiger partial charge in [0.15, 0.2) is 5.05 Å². The summed E-state index contributed by atoms with van der Waals surface area (Å²) < 4.78 is 0. The molecule has 4 N–H and O–H groups in total. The normalized spacial score (nSPS) is 12.8. The zero-order valence-corrected chi connectivity index (χ0v) is 8.36. The molecule has 0 aliphatic carbocycles. The van der Waals surface area contributed by atoms with Crippen molar-refractivity contribution in [2.45, 2.75) is 32.2 Å². The van der Waals surface area contributed by atoms with E-state index in [1.165, 1.54) is 0 Å². The summed E-state index contributed by atoms with van der Waals surface area (Å²) in [6, 6.07) is -0.0714. The van der Waals surface area contributed by atoms with Gasteiger partial charge < -0.3 is 16.2 Å². The van der Waals surface area contributed by atoms with Gasteiger partial charge in [0, 0.05) is 0 Å². The van der Waals surface area contributed by atoms with Gasteiger partial charge in [0.2, 0.25) is 0 Å². The Morgan fingerprint density at radius 3 is 2.67 bits per heavy atom. The third kappa shape index (κ3) is 6.52. The minimum Gasteiger partial charge on any atom is -0.501 e. The Kier molecular flexibility index (Phi) is 7.34. The van der Waals surface area contributed by atoms with Gasteiger partial charge in [0.05, 0.1) is 6.04 Å². The first kappa shape index (κ1) is 11.8. The first-order valence-corrected chi connectivity index (χ1v) is 4.75. The summed E-state index contributed by atoms with van der Waals surface area (Å²) in [5.41, 5.74) is 5.34. The van der Waals surface area contributed by atoms with Crippen LogP contribution in [0.5, 0.6) is 0 Å². The number of hydrogen-bond acceptors (Lipinski definition) is 3. The smallest absolute Gasteiger partial charge is 0.173 e. The number of unbranched alkanes of at least 4 members (excludes halogenated alkanes) is 2. The summed E-state index contributed by atoms with van der Waals surface area (Å²) in [4.78, 5) is 0. The summed E-state index contributed by atoms with van der Waals surface area (Å²) in [6.07, 6.45) is 3.29. The van der Waals surface area contributed by atoms with Crippen LogP contribution in [-0.4, -0.2) is 29.3 Å². The molecule has 0 amide bonds. The van der Waals surface area contributed by atoms with E-state index in [1.807, 2.05) is 6.92 Å². The van der Waals surface area contributed by atoms with Crippen molar-refractivity contribution in [3.8, 4) is 0 Å². The van der Waals surface area contributed by atoms with Crippen LogP contribution in [-0.2, 0) is 0 Å². The number of nitrogens with one attached hydrogen (secondary N) is 1. The van der Waals surface area contributed by atoms with Gasteiger partial charge in [-0.2, -0.15) is 0 Å². The summed E-state index contributed by atoms with van der Waals surface area (Å²) in [5.74, 6) is 0. The van der Waals surface area contributed by atoms with Crippen LogP contribution in [0.25, 0.3) is 0 Å². The van der Waals surface area contributed by atoms with Crippen molar-refractivity contribution in [1.29, 1.82) is 0 Å². The second-order valence-corrected chi connectivity index (χ2v) is 3.28. The van der Waals surface area contributed by atoms with Gasteiger partial charge in [-0.25, -0.2) is 0 Å². The Morgan fingerprint density at radius 2 is 2.17 bits per heavy atom. The lowest BCUT2D eigenvalue weighted by Gasteiger charge is -2.09. The monoisotopic (exact) mass is 190 g/mol. The summed E-state index contributed by atoms with van der Waals surface area (Å²) in [7, 11) is 0. The largest absolute Gasteiger partial charge is 0.501 e. The highest BCUT2D eigenvalue weighted by molar-refractivity contribution is 7.80. The average Bonchev–Trinajstić information content (AvgIpc) is 2.03. The van der Waals surface area contributed by atoms with E-state index in [9.17, 15) is 0 Å². The van der Waals surface area contributed by atoms with Gasteiger partial charge in [-0.3, -0.25) is 0 Å². The lowest BCUT2D eigenvalue weighted by molar-refractivity contribution is 0.497. The zero-order valence-electron chi connectivity index (χ0n) is 7.55. The predicted molar refractivity (Wildman–Crippen MR) is 55.6 cm³/mol. The van der Waals surface area contributed by atoms with E-state index in [4.69, 9.17) is 10.8 Å². The maximum atomic E-state index is 8.87. The van der Waals surface area contributed by atoms with E-state index in [0.29, 0.717) is 0 Å². The number of rotatable bonds is 7. The van der Waals surface area contributed by atoms with E-state index in [-0.39, 0.29) is 11.1 Å². The molecule has 0 rings (SSSR count). The molecule has 0 bridgehead atoms. The van der Waals surface area contributed by atoms with Gasteiger partial charge in [0.1, 0.15) is 0 Å². The summed E-state index contributed by atoms with van der Waals surface area (Å²) in [5, 5.41) is 12.0. The molecule has 0 fully saturated rings. The number of thiocarbonyl (C=S) groups is 1. The van der Waals surface area contributed by atoms with Gasteiger partial charge in [-0.05, 0) is 45.1 Å². The molecule has 0 saturated carbocycles. The van der Waals surface area contributed by atoms with Crippen LogP contribution in [0.1, 0.15) is 26.2 Å². The molecule has 0 saturated heterocycles. The molecule has 0 spiro atoms. The third-order valence-corrected chi connectivity index (χ3v) is 2.06. The van der Waals surface area contributed by atoms with Crippen molar-refractivity contribution in [3.05, 3.63) is 0 Å². The second-order valence-electron chi connectivity index (χ2n) is 2.86. The number of aliphatic hydroxyl groups is 1. The first-order valence-electron chi connectivity index (χ1n) is 4.34. The molecule has 3 nitrogen and oxygen atoms in total. The SMILES string of the molecule is C[C@H](NCCCCCN)C(O)=S. The molecule has 0 aliphatic heterocycles. The molecule has 0 aromatic carbocycles. The highest BCUT2D eigenvalue weighted by atomic mass is 32.1. The van der Waals surface area contributed by atoms with E-state index in [2.05, 4.69) is 17.5 Å². The molecular formula is C8H18N2OS. The van der Waals surface area contributed by atoms with Crippen LogP contribution in [0.3, 0.4) is 0 Å².